The van der Waals surface area contributed by atoms with E-state index in [-0.39, 0.29) is 18.0 Å². The Morgan fingerprint density at radius 3 is 2.33 bits per heavy atom. The lowest BCUT2D eigenvalue weighted by molar-refractivity contribution is 0.379. The van der Waals surface area contributed by atoms with Gasteiger partial charge >= 0.3 is 6.01 Å². The average Bonchev–Trinajstić information content (AvgIpc) is 2.35. The monoisotopic (exact) mass is 254 g/mol. The van der Waals surface area contributed by atoms with Crippen LogP contribution in [0, 0.1) is 5.92 Å². The first-order valence-electron chi connectivity index (χ1n) is 6.08. The van der Waals surface area contributed by atoms with Gasteiger partial charge in [-0.3, -0.25) is 5.43 Å². The van der Waals surface area contributed by atoms with Crippen LogP contribution in [0.15, 0.2) is 0 Å². The summed E-state index contributed by atoms with van der Waals surface area (Å²) in [5.41, 5.74) is 2.38. The molecular formula is C11H22N6O. The van der Waals surface area contributed by atoms with E-state index in [0.717, 1.165) is 12.8 Å². The number of aromatic nitrogens is 3. The van der Waals surface area contributed by atoms with Crippen LogP contribution in [0.2, 0.25) is 0 Å². The number of ether oxygens (including phenoxy) is 1. The summed E-state index contributed by atoms with van der Waals surface area (Å²) in [6.45, 7) is 6.50. The standard InChI is InChI=1S/C11H22N6O/c1-7(2)5-6-8(3)13-9-14-10(17-12)16-11(15-9)18-4/h7-8H,5-6,12H2,1-4H3,(H2,13,14,15,16,17). The number of hydrogen-bond donors (Lipinski definition) is 3. The summed E-state index contributed by atoms with van der Waals surface area (Å²) in [5.74, 6) is 6.71. The van der Waals surface area contributed by atoms with Crippen molar-refractivity contribution in [1.82, 2.24) is 15.0 Å². The number of nitrogens with one attached hydrogen (secondary N) is 2. The van der Waals surface area contributed by atoms with Gasteiger partial charge < -0.3 is 10.1 Å². The first kappa shape index (κ1) is 14.4. The maximum atomic E-state index is 5.29. The Morgan fingerprint density at radius 2 is 1.78 bits per heavy atom. The van der Waals surface area contributed by atoms with Crippen molar-refractivity contribution in [2.45, 2.75) is 39.7 Å². The zero-order chi connectivity index (χ0) is 13.5. The molecule has 1 rings (SSSR count). The highest BCUT2D eigenvalue weighted by atomic mass is 16.5. The smallest absolute Gasteiger partial charge is 0.322 e. The van der Waals surface area contributed by atoms with Gasteiger partial charge in [-0.25, -0.2) is 5.84 Å². The van der Waals surface area contributed by atoms with E-state index in [2.05, 4.69) is 46.5 Å². The van der Waals surface area contributed by atoms with E-state index in [4.69, 9.17) is 10.6 Å². The molecule has 0 bridgehead atoms. The van der Waals surface area contributed by atoms with Crippen LogP contribution >= 0.6 is 0 Å². The lowest BCUT2D eigenvalue weighted by atomic mass is 10.0. The van der Waals surface area contributed by atoms with Gasteiger partial charge in [-0.2, -0.15) is 15.0 Å². The molecule has 102 valence electrons. The number of nitrogen functional groups attached to an aromatic ring is 1. The number of nitrogens with zero attached hydrogens (tertiary/aromatic N) is 3. The minimum atomic E-state index is 0.233. The zero-order valence-electron chi connectivity index (χ0n) is 11.4. The fourth-order valence-electron chi connectivity index (χ4n) is 1.45. The third kappa shape index (κ3) is 4.70. The largest absolute Gasteiger partial charge is 0.467 e. The molecular weight excluding hydrogens is 232 g/mol. The summed E-state index contributed by atoms with van der Waals surface area (Å²) >= 11 is 0. The number of methoxy groups -OCH3 is 1. The van der Waals surface area contributed by atoms with Crippen LogP contribution in [0.1, 0.15) is 33.6 Å². The molecule has 7 nitrogen and oxygen atoms in total. The van der Waals surface area contributed by atoms with Crippen LogP contribution in [0.3, 0.4) is 0 Å². The topological polar surface area (TPSA) is 98.0 Å². The fraction of sp³-hybridized carbons (Fsp3) is 0.727. The van der Waals surface area contributed by atoms with Gasteiger partial charge in [-0.15, -0.1) is 0 Å². The number of hydrogen-bond acceptors (Lipinski definition) is 7. The third-order valence-electron chi connectivity index (χ3n) is 2.48. The molecule has 0 aliphatic rings. The molecule has 0 fully saturated rings. The SMILES string of the molecule is COc1nc(NN)nc(NC(C)CCC(C)C)n1. The van der Waals surface area contributed by atoms with Crippen LogP contribution in [0.4, 0.5) is 11.9 Å². The summed E-state index contributed by atoms with van der Waals surface area (Å²) in [4.78, 5) is 12.2. The van der Waals surface area contributed by atoms with Crippen LogP contribution in [0.5, 0.6) is 6.01 Å². The quantitative estimate of drug-likeness (QED) is 0.499. The molecule has 4 N–H and O–H groups in total. The molecule has 18 heavy (non-hydrogen) atoms. The Morgan fingerprint density at radius 1 is 1.11 bits per heavy atom. The number of hydrazine groups is 1. The van der Waals surface area contributed by atoms with Gasteiger partial charge in [0.1, 0.15) is 0 Å². The molecule has 0 spiro atoms. The summed E-state index contributed by atoms with van der Waals surface area (Å²) in [6.07, 6.45) is 2.20. The van der Waals surface area contributed by atoms with Gasteiger partial charge in [0.2, 0.25) is 11.9 Å². The van der Waals surface area contributed by atoms with Gasteiger partial charge in [0.05, 0.1) is 7.11 Å². The summed E-state index contributed by atoms with van der Waals surface area (Å²) < 4.78 is 4.98. The van der Waals surface area contributed by atoms with Crippen LogP contribution in [-0.2, 0) is 0 Å². The third-order valence-corrected chi connectivity index (χ3v) is 2.48. The minimum Gasteiger partial charge on any atom is -0.467 e. The maximum absolute atomic E-state index is 5.29. The van der Waals surface area contributed by atoms with E-state index in [0.29, 0.717) is 11.9 Å². The zero-order valence-corrected chi connectivity index (χ0v) is 11.4. The maximum Gasteiger partial charge on any atom is 0.322 e. The highest BCUT2D eigenvalue weighted by Gasteiger charge is 2.09. The second kappa shape index (κ2) is 6.95. The highest BCUT2D eigenvalue weighted by Crippen LogP contribution is 2.13. The van der Waals surface area contributed by atoms with Crippen molar-refractivity contribution >= 4 is 11.9 Å². The van der Waals surface area contributed by atoms with Crippen molar-refractivity contribution in [2.75, 3.05) is 17.9 Å². The first-order chi connectivity index (χ1) is 8.55. The van der Waals surface area contributed by atoms with Crippen LogP contribution in [-0.4, -0.2) is 28.1 Å². The van der Waals surface area contributed by atoms with Crippen molar-refractivity contribution in [3.05, 3.63) is 0 Å². The summed E-state index contributed by atoms with van der Waals surface area (Å²) in [7, 11) is 1.50. The molecule has 1 atom stereocenters. The Bertz CT molecular complexity index is 348. The Kier molecular flexibility index (Phi) is 5.57. The van der Waals surface area contributed by atoms with Crippen molar-refractivity contribution in [3.8, 4) is 6.01 Å². The molecule has 0 radical (unpaired) electrons. The number of anilines is 2. The van der Waals surface area contributed by atoms with Crippen molar-refractivity contribution in [3.63, 3.8) is 0 Å². The Balaban J connectivity index is 2.65. The molecule has 1 heterocycles. The molecule has 0 aliphatic carbocycles. The fourth-order valence-corrected chi connectivity index (χ4v) is 1.45. The van der Waals surface area contributed by atoms with Crippen LogP contribution < -0.4 is 21.3 Å². The number of nitrogens with two attached hydrogens (primary N) is 1. The van der Waals surface area contributed by atoms with Crippen molar-refractivity contribution in [1.29, 1.82) is 0 Å². The van der Waals surface area contributed by atoms with E-state index in [1.54, 1.807) is 0 Å². The van der Waals surface area contributed by atoms with Crippen molar-refractivity contribution < 1.29 is 4.74 Å². The second-order valence-electron chi connectivity index (χ2n) is 4.63. The molecule has 1 aromatic rings. The number of rotatable bonds is 7. The lowest BCUT2D eigenvalue weighted by Gasteiger charge is -2.15. The molecule has 7 heteroatoms. The van der Waals surface area contributed by atoms with Gasteiger partial charge in [0.15, 0.2) is 0 Å². The molecule has 0 aliphatic heterocycles. The minimum absolute atomic E-state index is 0.233. The van der Waals surface area contributed by atoms with Gasteiger partial charge in [0.25, 0.3) is 0 Å². The van der Waals surface area contributed by atoms with E-state index >= 15 is 0 Å². The second-order valence-corrected chi connectivity index (χ2v) is 4.63. The normalized spacial score (nSPS) is 12.3. The first-order valence-corrected chi connectivity index (χ1v) is 6.08. The molecule has 0 saturated carbocycles. The predicted molar refractivity (Wildman–Crippen MR) is 71.3 cm³/mol. The summed E-state index contributed by atoms with van der Waals surface area (Å²) in [5, 5.41) is 3.21. The molecule has 0 amide bonds. The molecule has 0 aromatic carbocycles. The van der Waals surface area contributed by atoms with Crippen LogP contribution in [0.25, 0.3) is 0 Å². The van der Waals surface area contributed by atoms with Gasteiger partial charge in [-0.1, -0.05) is 13.8 Å². The van der Waals surface area contributed by atoms with E-state index < -0.39 is 0 Å². The Hall–Kier alpha value is -1.63. The van der Waals surface area contributed by atoms with Gasteiger partial charge in [-0.05, 0) is 25.7 Å². The van der Waals surface area contributed by atoms with E-state index in [1.165, 1.54) is 7.11 Å². The van der Waals surface area contributed by atoms with Crippen molar-refractivity contribution in [2.24, 2.45) is 11.8 Å². The lowest BCUT2D eigenvalue weighted by Crippen LogP contribution is -2.20. The van der Waals surface area contributed by atoms with E-state index in [9.17, 15) is 0 Å². The Labute approximate surface area is 108 Å². The average molecular weight is 254 g/mol. The molecule has 1 unspecified atom stereocenters. The van der Waals surface area contributed by atoms with E-state index in [1.807, 2.05) is 0 Å². The van der Waals surface area contributed by atoms with Gasteiger partial charge in [0, 0.05) is 6.04 Å². The predicted octanol–water partition coefficient (Wildman–Crippen LogP) is 1.40. The summed E-state index contributed by atoms with van der Waals surface area (Å²) in [6, 6.07) is 0.515. The molecule has 0 saturated heterocycles. The highest BCUT2D eigenvalue weighted by molar-refractivity contribution is 5.35. The molecule has 1 aromatic heterocycles.